The molecular formula is C19H18N4O7S. The maximum atomic E-state index is 12.0. The Morgan fingerprint density at radius 1 is 1.32 bits per heavy atom. The van der Waals surface area contributed by atoms with Crippen molar-refractivity contribution in [2.75, 3.05) is 18.5 Å². The number of rotatable bonds is 10. The largest absolute Gasteiger partial charge is 0.494 e. The molecule has 2 aromatic heterocycles. The molecule has 0 atom stereocenters. The molecule has 31 heavy (non-hydrogen) atoms. The van der Waals surface area contributed by atoms with Gasteiger partial charge in [0, 0.05) is 17.4 Å². The van der Waals surface area contributed by atoms with Crippen molar-refractivity contribution in [1.29, 1.82) is 0 Å². The van der Waals surface area contributed by atoms with E-state index in [9.17, 15) is 19.7 Å². The van der Waals surface area contributed by atoms with Gasteiger partial charge in [-0.1, -0.05) is 5.16 Å². The first-order valence-corrected chi connectivity index (χ1v) is 10.1. The lowest BCUT2D eigenvalue weighted by Crippen LogP contribution is -2.21. The number of nitrogens with zero attached hydrogens (tertiary/aromatic N) is 3. The first-order chi connectivity index (χ1) is 15.0. The number of aryl methyl sites for hydroxylation is 1. The molecule has 0 aliphatic rings. The molecule has 2 heterocycles. The number of hydrogen-bond acceptors (Lipinski definition) is 10. The smallest absolute Gasteiger partial charge is 0.306 e. The lowest BCUT2D eigenvalue weighted by Gasteiger charge is -2.08. The second kappa shape index (κ2) is 10.3. The Balaban J connectivity index is 1.47. The highest BCUT2D eigenvalue weighted by Crippen LogP contribution is 2.29. The van der Waals surface area contributed by atoms with E-state index in [0.717, 1.165) is 5.56 Å². The van der Waals surface area contributed by atoms with E-state index in [2.05, 4.69) is 15.5 Å². The van der Waals surface area contributed by atoms with Gasteiger partial charge in [-0.05, 0) is 30.5 Å². The number of aromatic nitrogens is 2. The van der Waals surface area contributed by atoms with E-state index >= 15 is 0 Å². The van der Waals surface area contributed by atoms with E-state index in [4.69, 9.17) is 14.0 Å². The Morgan fingerprint density at radius 3 is 2.87 bits per heavy atom. The minimum atomic E-state index is -0.710. The third-order valence-corrected chi connectivity index (χ3v) is 4.59. The van der Waals surface area contributed by atoms with Gasteiger partial charge in [0.2, 0.25) is 11.7 Å². The highest BCUT2D eigenvalue weighted by atomic mass is 32.1. The van der Waals surface area contributed by atoms with Crippen molar-refractivity contribution in [3.63, 3.8) is 0 Å². The summed E-state index contributed by atoms with van der Waals surface area (Å²) in [4.78, 5) is 38.7. The van der Waals surface area contributed by atoms with Crippen LogP contribution in [0.5, 0.6) is 5.75 Å². The zero-order valence-electron chi connectivity index (χ0n) is 16.4. The molecule has 1 N–H and O–H groups in total. The lowest BCUT2D eigenvalue weighted by atomic mass is 10.2. The number of amides is 1. The number of esters is 1. The molecule has 11 nitrogen and oxygen atoms in total. The summed E-state index contributed by atoms with van der Waals surface area (Å²) in [5, 5.41) is 21.2. The van der Waals surface area contributed by atoms with Crippen molar-refractivity contribution in [2.24, 2.45) is 0 Å². The number of ether oxygens (including phenoxy) is 2. The van der Waals surface area contributed by atoms with Crippen LogP contribution in [0.2, 0.25) is 0 Å². The van der Waals surface area contributed by atoms with Crippen LogP contribution in [0.25, 0.3) is 11.4 Å². The molecular weight excluding hydrogens is 428 g/mol. The Kier molecular flexibility index (Phi) is 7.27. The van der Waals surface area contributed by atoms with Crippen molar-refractivity contribution >= 4 is 34.6 Å². The molecule has 0 unspecified atom stereocenters. The molecule has 0 bridgehead atoms. The van der Waals surface area contributed by atoms with Gasteiger partial charge in [-0.25, -0.2) is 0 Å². The van der Waals surface area contributed by atoms with Crippen LogP contribution in [0.15, 0.2) is 39.5 Å². The van der Waals surface area contributed by atoms with E-state index in [1.54, 1.807) is 6.92 Å². The number of thiophene rings is 1. The number of anilines is 1. The van der Waals surface area contributed by atoms with Gasteiger partial charge in [-0.2, -0.15) is 16.3 Å². The molecule has 1 aromatic carbocycles. The van der Waals surface area contributed by atoms with Crippen LogP contribution in [0, 0.1) is 10.1 Å². The van der Waals surface area contributed by atoms with Gasteiger partial charge in [-0.15, -0.1) is 0 Å². The average Bonchev–Trinajstić information content (AvgIpc) is 3.43. The van der Waals surface area contributed by atoms with Crippen LogP contribution in [0.1, 0.15) is 19.2 Å². The standard InChI is InChI=1S/C19H18N4O7S/c1-2-28-13-3-4-14(15(9-13)23(26)27)20-16(24)10-29-18(25)6-5-17-21-19(22-30-17)12-7-8-31-11-12/h3-4,7-9,11H,2,5-6,10H2,1H3,(H,20,24). The van der Waals surface area contributed by atoms with Gasteiger partial charge in [0.05, 0.1) is 24.0 Å². The van der Waals surface area contributed by atoms with Gasteiger partial charge in [0.1, 0.15) is 11.4 Å². The number of carbonyl (C=O) groups excluding carboxylic acids is 2. The number of hydrogen-bond donors (Lipinski definition) is 1. The predicted octanol–water partition coefficient (Wildman–Crippen LogP) is 3.22. The third kappa shape index (κ3) is 6.09. The summed E-state index contributed by atoms with van der Waals surface area (Å²) in [5.74, 6) is -0.347. The summed E-state index contributed by atoms with van der Waals surface area (Å²) < 4.78 is 15.2. The second-order valence-electron chi connectivity index (χ2n) is 6.10. The van der Waals surface area contributed by atoms with Crippen LogP contribution in [0.4, 0.5) is 11.4 Å². The molecule has 162 valence electrons. The molecule has 0 aliphatic carbocycles. The van der Waals surface area contributed by atoms with E-state index in [0.29, 0.717) is 18.2 Å². The first-order valence-electron chi connectivity index (χ1n) is 9.18. The molecule has 12 heteroatoms. The first kappa shape index (κ1) is 21.9. The Bertz CT molecular complexity index is 1070. The molecule has 1 amide bonds. The van der Waals surface area contributed by atoms with E-state index in [-0.39, 0.29) is 30.1 Å². The van der Waals surface area contributed by atoms with Gasteiger partial charge < -0.3 is 19.3 Å². The van der Waals surface area contributed by atoms with Crippen LogP contribution in [0.3, 0.4) is 0 Å². The maximum Gasteiger partial charge on any atom is 0.306 e. The normalized spacial score (nSPS) is 10.5. The van der Waals surface area contributed by atoms with Gasteiger partial charge in [0.15, 0.2) is 6.61 Å². The summed E-state index contributed by atoms with van der Waals surface area (Å²) in [5.41, 5.74) is 0.465. The van der Waals surface area contributed by atoms with Crippen LogP contribution < -0.4 is 10.1 Å². The van der Waals surface area contributed by atoms with E-state index in [1.165, 1.54) is 29.5 Å². The zero-order valence-corrected chi connectivity index (χ0v) is 17.2. The highest BCUT2D eigenvalue weighted by molar-refractivity contribution is 7.08. The predicted molar refractivity (Wildman–Crippen MR) is 110 cm³/mol. The highest BCUT2D eigenvalue weighted by Gasteiger charge is 2.18. The summed E-state index contributed by atoms with van der Waals surface area (Å²) in [6, 6.07) is 5.90. The molecule has 0 fully saturated rings. The van der Waals surface area contributed by atoms with Crippen molar-refractivity contribution in [2.45, 2.75) is 19.8 Å². The maximum absolute atomic E-state index is 12.0. The summed E-state index contributed by atoms with van der Waals surface area (Å²) in [6.45, 7) is 1.50. The average molecular weight is 446 g/mol. The minimum absolute atomic E-state index is 0.0266. The molecule has 0 radical (unpaired) electrons. The fourth-order valence-electron chi connectivity index (χ4n) is 2.50. The SMILES string of the molecule is CCOc1ccc(NC(=O)COC(=O)CCc2nc(-c3ccsc3)no2)c([N+](=O)[O-])c1. The minimum Gasteiger partial charge on any atom is -0.494 e. The summed E-state index contributed by atoms with van der Waals surface area (Å²) >= 11 is 1.50. The summed E-state index contributed by atoms with van der Waals surface area (Å²) in [7, 11) is 0. The number of nitro benzene ring substituents is 1. The third-order valence-electron chi connectivity index (χ3n) is 3.91. The molecule has 3 rings (SSSR count). The van der Waals surface area contributed by atoms with E-state index in [1.807, 2.05) is 16.8 Å². The second-order valence-corrected chi connectivity index (χ2v) is 6.88. The molecule has 0 saturated carbocycles. The molecule has 0 spiro atoms. The number of nitrogens with one attached hydrogen (secondary N) is 1. The molecule has 3 aromatic rings. The fourth-order valence-corrected chi connectivity index (χ4v) is 3.14. The Hall–Kier alpha value is -3.80. The number of nitro groups is 1. The zero-order chi connectivity index (χ0) is 22.2. The van der Waals surface area contributed by atoms with Gasteiger partial charge in [0.25, 0.3) is 11.6 Å². The summed E-state index contributed by atoms with van der Waals surface area (Å²) in [6.07, 6.45) is 0.0870. The van der Waals surface area contributed by atoms with E-state index < -0.39 is 23.4 Å². The molecule has 0 saturated heterocycles. The Labute approximate surface area is 180 Å². The van der Waals surface area contributed by atoms with Crippen molar-refractivity contribution in [1.82, 2.24) is 10.1 Å². The fraction of sp³-hybridized carbons (Fsp3) is 0.263. The van der Waals surface area contributed by atoms with Crippen molar-refractivity contribution in [3.05, 3.63) is 51.0 Å². The Morgan fingerprint density at radius 2 is 2.16 bits per heavy atom. The number of carbonyl (C=O) groups is 2. The van der Waals surface area contributed by atoms with Crippen LogP contribution in [-0.2, 0) is 20.7 Å². The van der Waals surface area contributed by atoms with Crippen LogP contribution >= 0.6 is 11.3 Å². The van der Waals surface area contributed by atoms with Crippen LogP contribution in [-0.4, -0.2) is 40.2 Å². The lowest BCUT2D eigenvalue weighted by molar-refractivity contribution is -0.384. The number of benzene rings is 1. The van der Waals surface area contributed by atoms with Gasteiger partial charge in [-0.3, -0.25) is 19.7 Å². The topological polar surface area (TPSA) is 147 Å². The van der Waals surface area contributed by atoms with Crippen molar-refractivity contribution in [3.8, 4) is 17.1 Å². The quantitative estimate of drug-likeness (QED) is 0.281. The monoisotopic (exact) mass is 446 g/mol. The molecule has 0 aliphatic heterocycles. The van der Waals surface area contributed by atoms with Gasteiger partial charge >= 0.3 is 5.97 Å². The van der Waals surface area contributed by atoms with Crippen molar-refractivity contribution < 1.29 is 28.5 Å².